The molecule has 0 aromatic heterocycles. The molecule has 1 amide bonds. The van der Waals surface area contributed by atoms with E-state index in [9.17, 15) is 4.79 Å². The first-order chi connectivity index (χ1) is 13.7. The van der Waals surface area contributed by atoms with Crippen LogP contribution in [0.15, 0.2) is 70.2 Å². The minimum absolute atomic E-state index is 0.125. The van der Waals surface area contributed by atoms with E-state index in [1.54, 1.807) is 6.21 Å². The van der Waals surface area contributed by atoms with Gasteiger partial charge in [0, 0.05) is 12.0 Å². The highest BCUT2D eigenvalue weighted by Crippen LogP contribution is 2.26. The van der Waals surface area contributed by atoms with E-state index in [-0.39, 0.29) is 5.91 Å². The van der Waals surface area contributed by atoms with Crippen LogP contribution in [0.4, 0.5) is 0 Å². The van der Waals surface area contributed by atoms with Crippen LogP contribution in [-0.2, 0) is 11.2 Å². The van der Waals surface area contributed by atoms with Gasteiger partial charge in [-0.1, -0.05) is 55.5 Å². The summed E-state index contributed by atoms with van der Waals surface area (Å²) in [5.74, 6) is 0.673. The summed E-state index contributed by atoms with van der Waals surface area (Å²) in [7, 11) is 0. The number of carbonyl (C=O) groups is 1. The molecular formula is C23H23BrN2O2. The molecule has 0 spiro atoms. The molecule has 144 valence electrons. The van der Waals surface area contributed by atoms with Crippen molar-refractivity contribution in [2.45, 2.75) is 26.2 Å². The van der Waals surface area contributed by atoms with Gasteiger partial charge < -0.3 is 4.74 Å². The van der Waals surface area contributed by atoms with Gasteiger partial charge >= 0.3 is 0 Å². The zero-order chi connectivity index (χ0) is 19.8. The van der Waals surface area contributed by atoms with Crippen molar-refractivity contribution in [3.05, 3.63) is 76.3 Å². The molecule has 0 heterocycles. The lowest BCUT2D eigenvalue weighted by Crippen LogP contribution is -2.18. The van der Waals surface area contributed by atoms with Crippen LogP contribution in [0.1, 0.15) is 30.9 Å². The number of hydrazone groups is 1. The molecule has 3 aromatic carbocycles. The molecule has 0 aliphatic carbocycles. The fourth-order valence-electron chi connectivity index (χ4n) is 2.89. The number of amides is 1. The van der Waals surface area contributed by atoms with Crippen LogP contribution in [0, 0.1) is 0 Å². The van der Waals surface area contributed by atoms with Gasteiger partial charge in [0.05, 0.1) is 17.3 Å². The summed E-state index contributed by atoms with van der Waals surface area (Å²) < 4.78 is 6.68. The van der Waals surface area contributed by atoms with E-state index in [1.807, 2.05) is 36.4 Å². The standard InChI is InChI=1S/C23H23BrN2O2/c1-2-17-12-13-22(21(24)15-17)28-14-6-11-23(27)26-25-16-19-9-5-8-18-7-3-4-10-20(18)19/h3-5,7-10,12-13,15-16H,2,6,11,14H2,1H3,(H,26,27)/b25-16+. The Kier molecular flexibility index (Phi) is 7.20. The number of ether oxygens (including phenoxy) is 1. The number of rotatable bonds is 8. The molecular weight excluding hydrogens is 416 g/mol. The Bertz CT molecular complexity index is 980. The van der Waals surface area contributed by atoms with E-state index < -0.39 is 0 Å². The number of carbonyl (C=O) groups excluding carboxylic acids is 1. The average molecular weight is 439 g/mol. The zero-order valence-electron chi connectivity index (χ0n) is 15.8. The third-order valence-electron chi connectivity index (χ3n) is 4.43. The van der Waals surface area contributed by atoms with Gasteiger partial charge in [0.1, 0.15) is 5.75 Å². The largest absolute Gasteiger partial charge is 0.492 e. The summed E-state index contributed by atoms with van der Waals surface area (Å²) in [6.45, 7) is 2.59. The quantitative estimate of drug-likeness (QED) is 0.287. The van der Waals surface area contributed by atoms with Crippen LogP contribution in [0.3, 0.4) is 0 Å². The monoisotopic (exact) mass is 438 g/mol. The van der Waals surface area contributed by atoms with Crippen molar-refractivity contribution in [2.75, 3.05) is 6.61 Å². The van der Waals surface area contributed by atoms with Crippen molar-refractivity contribution in [3.8, 4) is 5.75 Å². The highest BCUT2D eigenvalue weighted by atomic mass is 79.9. The average Bonchev–Trinajstić information content (AvgIpc) is 2.72. The molecule has 5 heteroatoms. The molecule has 0 atom stereocenters. The normalized spacial score (nSPS) is 11.1. The van der Waals surface area contributed by atoms with Crippen LogP contribution in [-0.4, -0.2) is 18.7 Å². The van der Waals surface area contributed by atoms with E-state index in [2.05, 4.69) is 57.6 Å². The predicted molar refractivity (Wildman–Crippen MR) is 118 cm³/mol. The smallest absolute Gasteiger partial charge is 0.240 e. The first-order valence-electron chi connectivity index (χ1n) is 9.38. The SMILES string of the molecule is CCc1ccc(OCCCC(=O)N/N=C/c2cccc3ccccc23)c(Br)c1. The molecule has 0 radical (unpaired) electrons. The van der Waals surface area contributed by atoms with Crippen LogP contribution in [0.5, 0.6) is 5.75 Å². The lowest BCUT2D eigenvalue weighted by atomic mass is 10.1. The highest BCUT2D eigenvalue weighted by molar-refractivity contribution is 9.10. The number of benzene rings is 3. The van der Waals surface area contributed by atoms with Crippen molar-refractivity contribution in [3.63, 3.8) is 0 Å². The Morgan fingerprint density at radius 2 is 1.96 bits per heavy atom. The number of aryl methyl sites for hydroxylation is 1. The molecule has 0 saturated heterocycles. The van der Waals surface area contributed by atoms with E-state index in [0.717, 1.165) is 33.0 Å². The van der Waals surface area contributed by atoms with E-state index in [4.69, 9.17) is 4.74 Å². The summed E-state index contributed by atoms with van der Waals surface area (Å²) in [4.78, 5) is 12.0. The number of fused-ring (bicyclic) bond motifs is 1. The summed E-state index contributed by atoms with van der Waals surface area (Å²) in [5, 5.41) is 6.34. The number of hydrogen-bond donors (Lipinski definition) is 1. The Hall–Kier alpha value is -2.66. The Labute approximate surface area is 173 Å². The highest BCUT2D eigenvalue weighted by Gasteiger charge is 2.04. The molecule has 0 bridgehead atoms. The second kappa shape index (κ2) is 10.0. The first-order valence-corrected chi connectivity index (χ1v) is 10.2. The number of halogens is 1. The molecule has 3 aromatic rings. The van der Waals surface area contributed by atoms with Gasteiger partial charge in [-0.25, -0.2) is 5.43 Å². The molecule has 4 nitrogen and oxygen atoms in total. The van der Waals surface area contributed by atoms with Crippen LogP contribution < -0.4 is 10.2 Å². The maximum absolute atomic E-state index is 12.0. The van der Waals surface area contributed by atoms with E-state index in [1.165, 1.54) is 5.56 Å². The van der Waals surface area contributed by atoms with E-state index in [0.29, 0.717) is 19.4 Å². The molecule has 28 heavy (non-hydrogen) atoms. The maximum Gasteiger partial charge on any atom is 0.240 e. The number of nitrogens with one attached hydrogen (secondary N) is 1. The minimum Gasteiger partial charge on any atom is -0.492 e. The minimum atomic E-state index is -0.125. The predicted octanol–water partition coefficient (Wildman–Crippen LogP) is 5.47. The summed E-state index contributed by atoms with van der Waals surface area (Å²) in [6, 6.07) is 20.2. The van der Waals surface area contributed by atoms with E-state index >= 15 is 0 Å². The lowest BCUT2D eigenvalue weighted by Gasteiger charge is -2.09. The van der Waals surface area contributed by atoms with Gasteiger partial charge in [-0.15, -0.1) is 0 Å². The maximum atomic E-state index is 12.0. The van der Waals surface area contributed by atoms with Crippen molar-refractivity contribution >= 4 is 38.8 Å². The first kappa shape index (κ1) is 20.1. The van der Waals surface area contributed by atoms with Gasteiger partial charge in [0.15, 0.2) is 0 Å². The summed E-state index contributed by atoms with van der Waals surface area (Å²) in [5.41, 5.74) is 4.81. The number of nitrogens with zero attached hydrogens (tertiary/aromatic N) is 1. The third kappa shape index (κ3) is 5.42. The molecule has 3 rings (SSSR count). The Morgan fingerprint density at radius 1 is 1.14 bits per heavy atom. The molecule has 0 unspecified atom stereocenters. The van der Waals surface area contributed by atoms with Gasteiger partial charge in [-0.3, -0.25) is 4.79 Å². The summed E-state index contributed by atoms with van der Waals surface area (Å²) in [6.07, 6.45) is 3.65. The molecule has 0 aliphatic rings. The topological polar surface area (TPSA) is 50.7 Å². The van der Waals surface area contributed by atoms with Crippen molar-refractivity contribution in [1.29, 1.82) is 0 Å². The lowest BCUT2D eigenvalue weighted by molar-refractivity contribution is -0.121. The van der Waals surface area contributed by atoms with Crippen molar-refractivity contribution in [2.24, 2.45) is 5.10 Å². The van der Waals surface area contributed by atoms with Gasteiger partial charge in [0.2, 0.25) is 5.91 Å². The third-order valence-corrected chi connectivity index (χ3v) is 5.05. The Balaban J connectivity index is 1.44. The number of hydrogen-bond acceptors (Lipinski definition) is 3. The van der Waals surface area contributed by atoms with Crippen LogP contribution in [0.2, 0.25) is 0 Å². The fraction of sp³-hybridized carbons (Fsp3) is 0.217. The zero-order valence-corrected chi connectivity index (χ0v) is 17.4. The Morgan fingerprint density at radius 3 is 2.79 bits per heavy atom. The second-order valence-corrected chi connectivity index (χ2v) is 7.29. The van der Waals surface area contributed by atoms with Gasteiger partial charge in [-0.05, 0) is 57.2 Å². The van der Waals surface area contributed by atoms with Crippen molar-refractivity contribution < 1.29 is 9.53 Å². The van der Waals surface area contributed by atoms with Gasteiger partial charge in [-0.2, -0.15) is 5.10 Å². The fourth-order valence-corrected chi connectivity index (χ4v) is 3.43. The molecule has 0 saturated carbocycles. The molecule has 0 fully saturated rings. The van der Waals surface area contributed by atoms with Crippen molar-refractivity contribution in [1.82, 2.24) is 5.43 Å². The summed E-state index contributed by atoms with van der Waals surface area (Å²) >= 11 is 3.52. The molecule has 1 N–H and O–H groups in total. The van der Waals surface area contributed by atoms with Crippen LogP contribution in [0.25, 0.3) is 10.8 Å². The van der Waals surface area contributed by atoms with Gasteiger partial charge in [0.25, 0.3) is 0 Å². The second-order valence-electron chi connectivity index (χ2n) is 6.43. The molecule has 0 aliphatic heterocycles. The van der Waals surface area contributed by atoms with Crippen LogP contribution >= 0.6 is 15.9 Å².